The lowest BCUT2D eigenvalue weighted by molar-refractivity contribution is -0.0173. The first-order valence-electron chi connectivity index (χ1n) is 21.6. The molecule has 4 rings (SSSR count). The number of ether oxygens (including phenoxy) is 3. The van der Waals surface area contributed by atoms with Gasteiger partial charge in [-0.15, -0.1) is 0 Å². The topological polar surface area (TPSA) is 187 Å². The maximum Gasteiger partial charge on any atom is 0.472 e. The first kappa shape index (κ1) is 48.8. The molecule has 3 heterocycles. The Morgan fingerprint density at radius 1 is 0.931 bits per heavy atom. The van der Waals surface area contributed by atoms with Gasteiger partial charge in [0.25, 0.3) is 0 Å². The standard InChI is InChI=1S/C43H68N5O7P.CHN/c1-4-5-6-7-8-9-10-11-12-13-14-15-16-17-18-19-20-21-37(51-30-35-22-23-36(29-44)42(28-35)54-34(2)3)31-52-56(49,50)53-32-38-24-27-41(55-38)39-25-26-40-43(45)46-33-47-48(39)40;1-2/h22-23,25-26,28,33-34,37-38,41H,4-21,24,27,30-32H2,1-3H3,(H,49,50)(H2,45,46,47);1H. The fraction of sp³-hybridized carbons (Fsp3) is 0.682. The average molecular weight is 825 g/mol. The fourth-order valence-corrected chi connectivity index (χ4v) is 8.06. The fourth-order valence-electron chi connectivity index (χ4n) is 7.28. The van der Waals surface area contributed by atoms with Gasteiger partial charge in [0, 0.05) is 6.57 Å². The van der Waals surface area contributed by atoms with Gasteiger partial charge in [0.15, 0.2) is 5.82 Å². The summed E-state index contributed by atoms with van der Waals surface area (Å²) < 4.78 is 44.0. The number of phosphoric ester groups is 1. The number of fused-ring (bicyclic) bond motifs is 1. The summed E-state index contributed by atoms with van der Waals surface area (Å²) in [6, 6.07) is 11.3. The number of benzene rings is 1. The number of unbranched alkanes of at least 4 members (excludes halogenated alkanes) is 16. The Morgan fingerprint density at radius 3 is 2.16 bits per heavy atom. The molecule has 0 radical (unpaired) electrons. The highest BCUT2D eigenvalue weighted by molar-refractivity contribution is 7.47. The molecular formula is C44H69N6O7P. The summed E-state index contributed by atoms with van der Waals surface area (Å²) >= 11 is 0. The molecule has 1 saturated heterocycles. The number of aromatic nitrogens is 3. The first-order chi connectivity index (χ1) is 28.2. The van der Waals surface area contributed by atoms with Crippen LogP contribution >= 0.6 is 7.82 Å². The molecule has 0 spiro atoms. The number of nitrogens with zero attached hydrogens (tertiary/aromatic N) is 5. The van der Waals surface area contributed by atoms with Crippen LogP contribution in [0.2, 0.25) is 0 Å². The highest BCUT2D eigenvalue weighted by Gasteiger charge is 2.32. The highest BCUT2D eigenvalue weighted by Crippen LogP contribution is 2.45. The molecule has 1 aromatic carbocycles. The number of rotatable bonds is 30. The molecule has 13 nitrogen and oxygen atoms in total. The molecular weight excluding hydrogens is 755 g/mol. The molecule has 4 atom stereocenters. The third-order valence-corrected chi connectivity index (χ3v) is 11.4. The van der Waals surface area contributed by atoms with Crippen molar-refractivity contribution in [2.45, 2.75) is 180 Å². The third-order valence-electron chi connectivity index (χ3n) is 10.4. The van der Waals surface area contributed by atoms with E-state index in [1.807, 2.05) is 38.1 Å². The van der Waals surface area contributed by atoms with E-state index in [9.17, 15) is 14.7 Å². The zero-order valence-corrected chi connectivity index (χ0v) is 36.2. The lowest BCUT2D eigenvalue weighted by Crippen LogP contribution is -2.21. The van der Waals surface area contributed by atoms with Crippen LogP contribution in [0.5, 0.6) is 5.75 Å². The third kappa shape index (κ3) is 18.2. The Balaban J connectivity index is 0.00000443. The molecule has 1 aliphatic rings. The van der Waals surface area contributed by atoms with E-state index in [2.05, 4.69) is 29.6 Å². The molecule has 0 bridgehead atoms. The van der Waals surface area contributed by atoms with Gasteiger partial charge < -0.3 is 24.8 Å². The second-order valence-electron chi connectivity index (χ2n) is 15.6. The SMILES string of the molecule is C#N.CCCCCCCCCCCCCCCCCCCC(COP(=O)(O)OCC1CCC(c2ccc3c(N)ncnn23)O1)OCc1ccc(C#N)c(OC(C)C)c1. The van der Waals surface area contributed by atoms with E-state index in [4.69, 9.17) is 34.3 Å². The minimum atomic E-state index is -4.39. The van der Waals surface area contributed by atoms with Crippen LogP contribution in [0, 0.1) is 23.2 Å². The van der Waals surface area contributed by atoms with E-state index in [1.54, 1.807) is 10.6 Å². The van der Waals surface area contributed by atoms with Crippen molar-refractivity contribution in [2.75, 3.05) is 18.9 Å². The van der Waals surface area contributed by atoms with Crippen molar-refractivity contribution in [1.29, 1.82) is 10.5 Å². The van der Waals surface area contributed by atoms with Gasteiger partial charge in [-0.05, 0) is 62.9 Å². The normalized spacial score (nSPS) is 16.8. The Morgan fingerprint density at radius 2 is 1.55 bits per heavy atom. The van der Waals surface area contributed by atoms with Crippen molar-refractivity contribution < 1.29 is 32.7 Å². The van der Waals surface area contributed by atoms with Gasteiger partial charge in [-0.25, -0.2) is 19.3 Å². The Labute approximate surface area is 347 Å². The smallest absolute Gasteiger partial charge is 0.472 e. The van der Waals surface area contributed by atoms with E-state index >= 15 is 0 Å². The summed E-state index contributed by atoms with van der Waals surface area (Å²) in [5, 5.41) is 20.3. The van der Waals surface area contributed by atoms with Crippen LogP contribution in [-0.2, 0) is 29.7 Å². The number of nitriles is 2. The number of nitrogens with two attached hydrogens (primary N) is 1. The molecule has 2 aromatic heterocycles. The molecule has 14 heteroatoms. The summed E-state index contributed by atoms with van der Waals surface area (Å²) in [7, 11) is -4.39. The molecule has 1 fully saturated rings. The quantitative estimate of drug-likeness (QED) is 0.0479. The van der Waals surface area contributed by atoms with Crippen LogP contribution in [0.15, 0.2) is 36.7 Å². The largest absolute Gasteiger partial charge is 0.490 e. The number of anilines is 1. The van der Waals surface area contributed by atoms with Gasteiger partial charge >= 0.3 is 7.82 Å². The van der Waals surface area contributed by atoms with Gasteiger partial charge in [-0.2, -0.15) is 10.4 Å². The number of nitrogen functional groups attached to an aromatic ring is 1. The van der Waals surface area contributed by atoms with E-state index < -0.39 is 13.9 Å². The molecule has 322 valence electrons. The van der Waals surface area contributed by atoms with Gasteiger partial charge in [0.2, 0.25) is 0 Å². The Kier molecular flexibility index (Phi) is 23.6. The number of hydrogen-bond acceptors (Lipinski definition) is 11. The predicted molar refractivity (Wildman–Crippen MR) is 227 cm³/mol. The number of hydrogen-bond donors (Lipinski definition) is 2. The lowest BCUT2D eigenvalue weighted by Gasteiger charge is -2.21. The van der Waals surface area contributed by atoms with E-state index in [0.29, 0.717) is 41.9 Å². The second-order valence-corrected chi connectivity index (χ2v) is 17.0. The minimum absolute atomic E-state index is 0.0822. The summed E-state index contributed by atoms with van der Waals surface area (Å²) in [4.78, 5) is 14.7. The molecule has 3 aromatic rings. The summed E-state index contributed by atoms with van der Waals surface area (Å²) in [6.07, 6.45) is 24.3. The molecule has 4 unspecified atom stereocenters. The van der Waals surface area contributed by atoms with Crippen LogP contribution in [0.25, 0.3) is 5.52 Å². The molecule has 0 aliphatic carbocycles. The monoisotopic (exact) mass is 824 g/mol. The minimum Gasteiger partial charge on any atom is -0.490 e. The number of phosphoric acid groups is 1. The second kappa shape index (κ2) is 28.0. The first-order valence-corrected chi connectivity index (χ1v) is 23.1. The average Bonchev–Trinajstić information content (AvgIpc) is 3.88. The molecule has 58 heavy (non-hydrogen) atoms. The Bertz CT molecular complexity index is 1700. The van der Waals surface area contributed by atoms with Crippen LogP contribution in [-0.4, -0.2) is 51.0 Å². The zero-order chi connectivity index (χ0) is 42.0. The van der Waals surface area contributed by atoms with Crippen molar-refractivity contribution in [1.82, 2.24) is 14.6 Å². The molecule has 1 aliphatic heterocycles. The van der Waals surface area contributed by atoms with Gasteiger partial charge in [0.1, 0.15) is 29.8 Å². The van der Waals surface area contributed by atoms with Gasteiger partial charge in [-0.3, -0.25) is 9.05 Å². The van der Waals surface area contributed by atoms with Crippen LogP contribution < -0.4 is 10.5 Å². The van der Waals surface area contributed by atoms with Gasteiger partial charge in [0.05, 0.1) is 49.4 Å². The van der Waals surface area contributed by atoms with Crippen LogP contribution in [0.3, 0.4) is 0 Å². The van der Waals surface area contributed by atoms with E-state index in [-0.39, 0.29) is 38.1 Å². The van der Waals surface area contributed by atoms with Crippen molar-refractivity contribution >= 4 is 19.2 Å². The summed E-state index contributed by atoms with van der Waals surface area (Å²) in [6.45, 7) is 9.67. The highest BCUT2D eigenvalue weighted by atomic mass is 31.2. The molecule has 0 saturated carbocycles. The van der Waals surface area contributed by atoms with Crippen molar-refractivity contribution in [3.05, 3.63) is 53.5 Å². The maximum atomic E-state index is 13.0. The van der Waals surface area contributed by atoms with E-state index in [0.717, 1.165) is 30.5 Å². The summed E-state index contributed by atoms with van der Waals surface area (Å²) in [5.41, 5.74) is 8.83. The van der Waals surface area contributed by atoms with Crippen molar-refractivity contribution in [2.24, 2.45) is 0 Å². The summed E-state index contributed by atoms with van der Waals surface area (Å²) in [5.74, 6) is 0.897. The van der Waals surface area contributed by atoms with Crippen LogP contribution in [0.4, 0.5) is 5.82 Å². The predicted octanol–water partition coefficient (Wildman–Crippen LogP) is 11.1. The lowest BCUT2D eigenvalue weighted by atomic mass is 10.0. The van der Waals surface area contributed by atoms with Crippen molar-refractivity contribution in [3.8, 4) is 18.4 Å². The Hall–Kier alpha value is -3.55. The zero-order valence-electron chi connectivity index (χ0n) is 35.3. The molecule has 3 N–H and O–H groups in total. The van der Waals surface area contributed by atoms with Crippen LogP contribution in [0.1, 0.15) is 172 Å². The van der Waals surface area contributed by atoms with E-state index in [1.165, 1.54) is 96.2 Å². The van der Waals surface area contributed by atoms with Gasteiger partial charge in [-0.1, -0.05) is 122 Å². The van der Waals surface area contributed by atoms with Crippen molar-refractivity contribution in [3.63, 3.8) is 0 Å². The maximum absolute atomic E-state index is 13.0. The molecule has 0 amide bonds.